The zero-order valence-electron chi connectivity index (χ0n) is 6.99. The average molecular weight is 167 g/mol. The van der Waals surface area contributed by atoms with E-state index in [1.54, 1.807) is 31.2 Å². The first-order valence-corrected chi connectivity index (χ1v) is 3.76. The molecular formula is C9H13NO2. The summed E-state index contributed by atoms with van der Waals surface area (Å²) in [5.74, 6) is 0.218. The molecule has 0 saturated heterocycles. The van der Waals surface area contributed by atoms with E-state index >= 15 is 0 Å². The number of nitrogens with two attached hydrogens (primary N) is 1. The second-order valence-corrected chi connectivity index (χ2v) is 3.20. The summed E-state index contributed by atoms with van der Waals surface area (Å²) in [7, 11) is 0. The molecule has 66 valence electrons. The second kappa shape index (κ2) is 3.13. The molecule has 4 N–H and O–H groups in total. The van der Waals surface area contributed by atoms with E-state index in [9.17, 15) is 5.11 Å². The fourth-order valence-electron chi connectivity index (χ4n) is 1.03. The number of rotatable bonds is 2. The van der Waals surface area contributed by atoms with Crippen molar-refractivity contribution in [1.82, 2.24) is 0 Å². The lowest BCUT2D eigenvalue weighted by atomic mass is 10.1. The standard InChI is InChI=1S/C9H13NO2/c1-9(10,12)6-7-2-4-8(11)5-3-7/h2-5,11-12H,6,10H2,1H3/t9-/m0/s1. The Hall–Kier alpha value is -1.06. The number of hydrogen-bond donors (Lipinski definition) is 3. The van der Waals surface area contributed by atoms with Gasteiger partial charge in [-0.15, -0.1) is 0 Å². The Morgan fingerprint density at radius 2 is 1.83 bits per heavy atom. The van der Waals surface area contributed by atoms with Gasteiger partial charge in [0.25, 0.3) is 0 Å². The Balaban J connectivity index is 2.71. The van der Waals surface area contributed by atoms with Crippen LogP contribution in [-0.2, 0) is 6.42 Å². The summed E-state index contributed by atoms with van der Waals surface area (Å²) >= 11 is 0. The van der Waals surface area contributed by atoms with Gasteiger partial charge in [0.1, 0.15) is 11.5 Å². The van der Waals surface area contributed by atoms with E-state index in [1.807, 2.05) is 0 Å². The number of aliphatic hydroxyl groups is 1. The van der Waals surface area contributed by atoms with Crippen LogP contribution in [0.15, 0.2) is 24.3 Å². The van der Waals surface area contributed by atoms with E-state index in [2.05, 4.69) is 0 Å². The van der Waals surface area contributed by atoms with Crippen molar-refractivity contribution in [3.63, 3.8) is 0 Å². The summed E-state index contributed by atoms with van der Waals surface area (Å²) in [6, 6.07) is 6.61. The topological polar surface area (TPSA) is 66.5 Å². The minimum Gasteiger partial charge on any atom is -0.508 e. The highest BCUT2D eigenvalue weighted by Crippen LogP contribution is 2.12. The van der Waals surface area contributed by atoms with Crippen LogP contribution in [-0.4, -0.2) is 15.9 Å². The van der Waals surface area contributed by atoms with E-state index in [-0.39, 0.29) is 5.75 Å². The molecule has 3 nitrogen and oxygen atoms in total. The Morgan fingerprint density at radius 3 is 2.25 bits per heavy atom. The molecule has 0 aliphatic carbocycles. The molecule has 1 aromatic rings. The van der Waals surface area contributed by atoms with Crippen LogP contribution >= 0.6 is 0 Å². The molecule has 0 unspecified atom stereocenters. The number of benzene rings is 1. The molecule has 1 aromatic carbocycles. The van der Waals surface area contributed by atoms with Crippen molar-refractivity contribution in [2.24, 2.45) is 5.73 Å². The van der Waals surface area contributed by atoms with Gasteiger partial charge in [0.05, 0.1) is 0 Å². The summed E-state index contributed by atoms with van der Waals surface area (Å²) in [6.07, 6.45) is 0.382. The lowest BCUT2D eigenvalue weighted by molar-refractivity contribution is 0.0677. The Kier molecular flexibility index (Phi) is 2.35. The Bertz CT molecular complexity index is 248. The maximum atomic E-state index is 9.26. The predicted molar refractivity (Wildman–Crippen MR) is 46.6 cm³/mol. The number of aromatic hydroxyl groups is 1. The maximum Gasteiger partial charge on any atom is 0.115 e. The van der Waals surface area contributed by atoms with Crippen LogP contribution in [0.2, 0.25) is 0 Å². The molecule has 0 spiro atoms. The van der Waals surface area contributed by atoms with Gasteiger partial charge < -0.3 is 15.9 Å². The normalized spacial score (nSPS) is 15.6. The molecule has 0 aliphatic rings. The summed E-state index contributed by atoms with van der Waals surface area (Å²) < 4.78 is 0. The minimum absolute atomic E-state index is 0.218. The molecule has 0 saturated carbocycles. The summed E-state index contributed by atoms with van der Waals surface area (Å²) in [4.78, 5) is 0. The van der Waals surface area contributed by atoms with Crippen molar-refractivity contribution in [1.29, 1.82) is 0 Å². The van der Waals surface area contributed by atoms with Gasteiger partial charge in [-0.25, -0.2) is 0 Å². The zero-order valence-corrected chi connectivity index (χ0v) is 6.99. The van der Waals surface area contributed by atoms with Gasteiger partial charge in [0.15, 0.2) is 0 Å². The first-order chi connectivity index (χ1) is 5.47. The monoisotopic (exact) mass is 167 g/mol. The van der Waals surface area contributed by atoms with Crippen molar-refractivity contribution in [2.75, 3.05) is 0 Å². The highest BCUT2D eigenvalue weighted by molar-refractivity contribution is 5.26. The van der Waals surface area contributed by atoms with Gasteiger partial charge in [0, 0.05) is 6.42 Å². The van der Waals surface area contributed by atoms with Gasteiger partial charge in [-0.1, -0.05) is 12.1 Å². The van der Waals surface area contributed by atoms with E-state index in [4.69, 9.17) is 10.8 Å². The summed E-state index contributed by atoms with van der Waals surface area (Å²) in [6.45, 7) is 1.54. The highest BCUT2D eigenvalue weighted by atomic mass is 16.3. The number of phenolic OH excluding ortho intramolecular Hbond substituents is 1. The first-order valence-electron chi connectivity index (χ1n) is 3.76. The van der Waals surface area contributed by atoms with Crippen LogP contribution in [0.4, 0.5) is 0 Å². The van der Waals surface area contributed by atoms with Crippen molar-refractivity contribution in [3.8, 4) is 5.75 Å². The van der Waals surface area contributed by atoms with Crippen LogP contribution in [0.5, 0.6) is 5.75 Å². The third kappa shape index (κ3) is 2.90. The van der Waals surface area contributed by atoms with Crippen molar-refractivity contribution in [2.45, 2.75) is 19.1 Å². The van der Waals surface area contributed by atoms with E-state index in [0.717, 1.165) is 5.56 Å². The lowest BCUT2D eigenvalue weighted by Gasteiger charge is -2.16. The summed E-state index contributed by atoms with van der Waals surface area (Å²) in [5.41, 5.74) is 5.12. The van der Waals surface area contributed by atoms with E-state index in [1.165, 1.54) is 0 Å². The second-order valence-electron chi connectivity index (χ2n) is 3.20. The van der Waals surface area contributed by atoms with Crippen LogP contribution in [0.1, 0.15) is 12.5 Å². The molecule has 0 fully saturated rings. The average Bonchev–Trinajstić information content (AvgIpc) is 1.91. The molecule has 0 bridgehead atoms. The fourth-order valence-corrected chi connectivity index (χ4v) is 1.03. The van der Waals surface area contributed by atoms with Crippen molar-refractivity contribution >= 4 is 0 Å². The van der Waals surface area contributed by atoms with Gasteiger partial charge in [-0.2, -0.15) is 0 Å². The largest absolute Gasteiger partial charge is 0.508 e. The third-order valence-electron chi connectivity index (χ3n) is 1.50. The molecule has 0 heterocycles. The molecule has 1 rings (SSSR count). The molecule has 0 radical (unpaired) electrons. The van der Waals surface area contributed by atoms with Crippen LogP contribution in [0, 0.1) is 0 Å². The van der Waals surface area contributed by atoms with Gasteiger partial charge in [-0.3, -0.25) is 0 Å². The molecule has 1 atom stereocenters. The highest BCUT2D eigenvalue weighted by Gasteiger charge is 2.13. The summed E-state index contributed by atoms with van der Waals surface area (Å²) in [5, 5.41) is 18.2. The molecule has 0 aliphatic heterocycles. The van der Waals surface area contributed by atoms with Gasteiger partial charge in [-0.05, 0) is 24.6 Å². The SMILES string of the molecule is C[C@](N)(O)Cc1ccc(O)cc1. The molecule has 12 heavy (non-hydrogen) atoms. The Morgan fingerprint density at radius 1 is 1.33 bits per heavy atom. The lowest BCUT2D eigenvalue weighted by Crippen LogP contribution is -2.37. The maximum absolute atomic E-state index is 9.26. The number of phenols is 1. The van der Waals surface area contributed by atoms with Crippen molar-refractivity contribution < 1.29 is 10.2 Å². The quantitative estimate of drug-likeness (QED) is 0.565. The first kappa shape index (κ1) is 9.03. The van der Waals surface area contributed by atoms with Crippen LogP contribution < -0.4 is 5.73 Å². The smallest absolute Gasteiger partial charge is 0.115 e. The molecular weight excluding hydrogens is 154 g/mol. The molecule has 3 heteroatoms. The minimum atomic E-state index is -1.18. The fraction of sp³-hybridized carbons (Fsp3) is 0.333. The molecule has 0 amide bonds. The van der Waals surface area contributed by atoms with Crippen LogP contribution in [0.3, 0.4) is 0 Å². The number of hydrogen-bond acceptors (Lipinski definition) is 3. The molecule has 0 aromatic heterocycles. The van der Waals surface area contributed by atoms with Gasteiger partial charge >= 0.3 is 0 Å². The predicted octanol–water partition coefficient (Wildman–Crippen LogP) is 0.602. The Labute approximate surface area is 71.5 Å². The van der Waals surface area contributed by atoms with Crippen molar-refractivity contribution in [3.05, 3.63) is 29.8 Å². The third-order valence-corrected chi connectivity index (χ3v) is 1.50. The van der Waals surface area contributed by atoms with E-state index < -0.39 is 5.72 Å². The zero-order chi connectivity index (χ0) is 9.19. The van der Waals surface area contributed by atoms with Gasteiger partial charge in [0.2, 0.25) is 0 Å². The van der Waals surface area contributed by atoms with Crippen LogP contribution in [0.25, 0.3) is 0 Å². The van der Waals surface area contributed by atoms with E-state index in [0.29, 0.717) is 6.42 Å².